The minimum Gasteiger partial charge on any atom is -0.372 e. The van der Waals surface area contributed by atoms with E-state index in [1.807, 2.05) is 24.3 Å². The van der Waals surface area contributed by atoms with E-state index >= 15 is 0 Å². The topological polar surface area (TPSA) is 88.4 Å². The number of aryl methyl sites for hydroxylation is 1. The highest BCUT2D eigenvalue weighted by Crippen LogP contribution is 2.32. The molecule has 3 aromatic carbocycles. The molecular weight excluding hydrogens is 412 g/mol. The summed E-state index contributed by atoms with van der Waals surface area (Å²) in [5.74, 6) is -0.406. The van der Waals surface area contributed by atoms with E-state index in [9.17, 15) is 14.9 Å². The molecule has 1 heterocycles. The number of hydrogen-bond acceptors (Lipinski definition) is 6. The van der Waals surface area contributed by atoms with Crippen molar-refractivity contribution in [2.75, 3.05) is 24.3 Å². The zero-order valence-electron chi connectivity index (χ0n) is 17.2. The second kappa shape index (κ2) is 8.16. The molecule has 156 valence electrons. The normalized spacial score (nSPS) is 10.8. The van der Waals surface area contributed by atoms with E-state index in [1.165, 1.54) is 11.6 Å². The van der Waals surface area contributed by atoms with Crippen molar-refractivity contribution in [1.82, 2.24) is 4.98 Å². The molecule has 0 aliphatic carbocycles. The lowest BCUT2D eigenvalue weighted by Crippen LogP contribution is -2.15. The SMILES string of the molecule is Cc1ccc2nc(-c3ccc(NC(=O)c4ccc(N(C)C)c([N+](=O)[O-])c4)cc3)sc2c1. The predicted molar refractivity (Wildman–Crippen MR) is 125 cm³/mol. The summed E-state index contributed by atoms with van der Waals surface area (Å²) in [5.41, 5.74) is 4.28. The van der Waals surface area contributed by atoms with Crippen molar-refractivity contribution in [1.29, 1.82) is 0 Å². The number of nitro groups is 1. The Morgan fingerprint density at radius 3 is 2.48 bits per heavy atom. The van der Waals surface area contributed by atoms with Crippen molar-refractivity contribution in [3.63, 3.8) is 0 Å². The lowest BCUT2D eigenvalue weighted by molar-refractivity contribution is -0.384. The van der Waals surface area contributed by atoms with E-state index < -0.39 is 10.8 Å². The van der Waals surface area contributed by atoms with E-state index in [-0.39, 0.29) is 11.3 Å². The average Bonchev–Trinajstić information content (AvgIpc) is 3.16. The van der Waals surface area contributed by atoms with Gasteiger partial charge in [0.15, 0.2) is 0 Å². The third kappa shape index (κ3) is 4.24. The van der Waals surface area contributed by atoms with Crippen LogP contribution in [-0.2, 0) is 0 Å². The first kappa shape index (κ1) is 20.5. The van der Waals surface area contributed by atoms with Gasteiger partial charge >= 0.3 is 0 Å². The van der Waals surface area contributed by atoms with Crippen LogP contribution in [0.1, 0.15) is 15.9 Å². The Balaban J connectivity index is 1.54. The maximum atomic E-state index is 12.6. The zero-order valence-corrected chi connectivity index (χ0v) is 18.1. The molecule has 1 amide bonds. The van der Waals surface area contributed by atoms with E-state index in [1.54, 1.807) is 54.6 Å². The number of anilines is 2. The largest absolute Gasteiger partial charge is 0.372 e. The monoisotopic (exact) mass is 432 g/mol. The number of nitrogens with one attached hydrogen (secondary N) is 1. The predicted octanol–water partition coefficient (Wildman–Crippen LogP) is 5.50. The van der Waals surface area contributed by atoms with Crippen molar-refractivity contribution in [3.8, 4) is 10.6 Å². The third-order valence-corrected chi connectivity index (χ3v) is 5.92. The Hall–Kier alpha value is -3.78. The molecule has 4 rings (SSSR count). The fraction of sp³-hybridized carbons (Fsp3) is 0.130. The number of fused-ring (bicyclic) bond motifs is 1. The molecule has 1 N–H and O–H groups in total. The van der Waals surface area contributed by atoms with Gasteiger partial charge < -0.3 is 10.2 Å². The van der Waals surface area contributed by atoms with Crippen LogP contribution >= 0.6 is 11.3 Å². The number of aromatic nitrogens is 1. The van der Waals surface area contributed by atoms with Crippen LogP contribution in [0.2, 0.25) is 0 Å². The van der Waals surface area contributed by atoms with Crippen LogP contribution in [0.4, 0.5) is 17.1 Å². The van der Waals surface area contributed by atoms with Crippen molar-refractivity contribution < 1.29 is 9.72 Å². The number of carbonyl (C=O) groups excluding carboxylic acids is 1. The third-order valence-electron chi connectivity index (χ3n) is 4.85. The molecule has 1 aromatic heterocycles. The Bertz CT molecular complexity index is 1300. The van der Waals surface area contributed by atoms with Crippen LogP contribution in [0, 0.1) is 17.0 Å². The maximum Gasteiger partial charge on any atom is 0.293 e. The Morgan fingerprint density at radius 2 is 1.81 bits per heavy atom. The van der Waals surface area contributed by atoms with E-state index in [2.05, 4.69) is 23.3 Å². The standard InChI is InChI=1S/C23H20N4O3S/c1-14-4-10-18-21(12-14)31-23(25-18)15-5-8-17(9-6-15)24-22(28)16-7-11-19(26(2)3)20(13-16)27(29)30/h4-13H,1-3H3,(H,24,28). The van der Waals surface area contributed by atoms with Gasteiger partial charge in [-0.05, 0) is 61.0 Å². The molecule has 7 nitrogen and oxygen atoms in total. The molecule has 0 saturated heterocycles. The highest BCUT2D eigenvalue weighted by atomic mass is 32.1. The Labute approximate surface area is 183 Å². The first-order valence-electron chi connectivity index (χ1n) is 9.56. The van der Waals surface area contributed by atoms with Gasteiger partial charge in [-0.2, -0.15) is 0 Å². The number of nitro benzene ring substituents is 1. The number of hydrogen-bond donors (Lipinski definition) is 1. The van der Waals surface area contributed by atoms with E-state index in [0.29, 0.717) is 11.4 Å². The lowest BCUT2D eigenvalue weighted by Gasteiger charge is -2.13. The summed E-state index contributed by atoms with van der Waals surface area (Å²) >= 11 is 1.62. The molecular formula is C23H20N4O3S. The molecule has 0 saturated carbocycles. The fourth-order valence-electron chi connectivity index (χ4n) is 3.24. The number of carbonyl (C=O) groups is 1. The van der Waals surface area contributed by atoms with Gasteiger partial charge in [-0.3, -0.25) is 14.9 Å². The van der Waals surface area contributed by atoms with Gasteiger partial charge in [-0.1, -0.05) is 6.07 Å². The zero-order chi connectivity index (χ0) is 22.1. The van der Waals surface area contributed by atoms with Gasteiger partial charge in [0.25, 0.3) is 11.6 Å². The van der Waals surface area contributed by atoms with Gasteiger partial charge in [-0.15, -0.1) is 11.3 Å². The van der Waals surface area contributed by atoms with Crippen LogP contribution in [0.5, 0.6) is 0 Å². The molecule has 4 aromatic rings. The van der Waals surface area contributed by atoms with E-state index in [0.717, 1.165) is 20.8 Å². The first-order chi connectivity index (χ1) is 14.8. The second-order valence-corrected chi connectivity index (χ2v) is 8.41. The summed E-state index contributed by atoms with van der Waals surface area (Å²) in [5, 5.41) is 15.1. The molecule has 0 aliphatic heterocycles. The maximum absolute atomic E-state index is 12.6. The van der Waals surface area contributed by atoms with Crippen molar-refractivity contribution in [3.05, 3.63) is 81.9 Å². The van der Waals surface area contributed by atoms with Crippen LogP contribution in [-0.4, -0.2) is 29.9 Å². The number of thiazole rings is 1. The van der Waals surface area contributed by atoms with Crippen molar-refractivity contribution >= 4 is 44.5 Å². The minimum atomic E-state index is -0.486. The average molecular weight is 433 g/mol. The van der Waals surface area contributed by atoms with Gasteiger partial charge in [-0.25, -0.2) is 4.98 Å². The summed E-state index contributed by atoms with van der Waals surface area (Å²) in [6.07, 6.45) is 0. The number of rotatable bonds is 5. The van der Waals surface area contributed by atoms with Crippen LogP contribution in [0.25, 0.3) is 20.8 Å². The summed E-state index contributed by atoms with van der Waals surface area (Å²) in [6.45, 7) is 2.05. The summed E-state index contributed by atoms with van der Waals surface area (Å²) < 4.78 is 1.13. The molecule has 31 heavy (non-hydrogen) atoms. The van der Waals surface area contributed by atoms with Gasteiger partial charge in [0.05, 0.1) is 15.1 Å². The lowest BCUT2D eigenvalue weighted by atomic mass is 10.1. The Kier molecular flexibility index (Phi) is 5.39. The molecule has 0 radical (unpaired) electrons. The van der Waals surface area contributed by atoms with Crippen molar-refractivity contribution in [2.45, 2.75) is 6.92 Å². The molecule has 0 bridgehead atoms. The smallest absolute Gasteiger partial charge is 0.293 e. The van der Waals surface area contributed by atoms with E-state index in [4.69, 9.17) is 0 Å². The molecule has 0 fully saturated rings. The van der Waals surface area contributed by atoms with Crippen LogP contribution in [0.3, 0.4) is 0 Å². The van der Waals surface area contributed by atoms with Gasteiger partial charge in [0.2, 0.25) is 0 Å². The fourth-order valence-corrected chi connectivity index (χ4v) is 4.31. The molecule has 0 atom stereocenters. The van der Waals surface area contributed by atoms with Crippen LogP contribution < -0.4 is 10.2 Å². The molecule has 0 unspecified atom stereocenters. The summed E-state index contributed by atoms with van der Waals surface area (Å²) in [4.78, 5) is 29.8. The highest BCUT2D eigenvalue weighted by Gasteiger charge is 2.19. The molecule has 8 heteroatoms. The second-order valence-electron chi connectivity index (χ2n) is 7.38. The summed E-state index contributed by atoms with van der Waals surface area (Å²) in [7, 11) is 3.44. The van der Waals surface area contributed by atoms with Crippen molar-refractivity contribution in [2.24, 2.45) is 0 Å². The van der Waals surface area contributed by atoms with Crippen LogP contribution in [0.15, 0.2) is 60.7 Å². The minimum absolute atomic E-state index is 0.112. The first-order valence-corrected chi connectivity index (χ1v) is 10.4. The Morgan fingerprint density at radius 1 is 1.06 bits per heavy atom. The van der Waals surface area contributed by atoms with Gasteiger partial charge in [0.1, 0.15) is 10.7 Å². The highest BCUT2D eigenvalue weighted by molar-refractivity contribution is 7.21. The molecule has 0 spiro atoms. The number of amides is 1. The summed E-state index contributed by atoms with van der Waals surface area (Å²) in [6, 6.07) is 18.0. The quantitative estimate of drug-likeness (QED) is 0.332. The number of benzene rings is 3. The molecule has 0 aliphatic rings. The number of nitrogens with zero attached hydrogens (tertiary/aromatic N) is 3. The van der Waals surface area contributed by atoms with Gasteiger partial charge in [0, 0.05) is 37.0 Å².